The highest BCUT2D eigenvalue weighted by Gasteiger charge is 2.18. The second kappa shape index (κ2) is 4.78. The highest BCUT2D eigenvalue weighted by Crippen LogP contribution is 2.22. The van der Waals surface area contributed by atoms with E-state index in [9.17, 15) is 9.90 Å². The van der Waals surface area contributed by atoms with Gasteiger partial charge in [0.1, 0.15) is 5.82 Å². The van der Waals surface area contributed by atoms with Crippen molar-refractivity contribution in [3.8, 4) is 0 Å². The molecule has 0 radical (unpaired) electrons. The molecule has 1 atom stereocenters. The quantitative estimate of drug-likeness (QED) is 0.861. The highest BCUT2D eigenvalue weighted by atomic mass is 16.3. The van der Waals surface area contributed by atoms with Crippen molar-refractivity contribution in [1.82, 2.24) is 14.9 Å². The minimum absolute atomic E-state index is 0.0741. The van der Waals surface area contributed by atoms with Gasteiger partial charge in [0.05, 0.1) is 23.7 Å². The summed E-state index contributed by atoms with van der Waals surface area (Å²) in [5.74, 6) is 0.776. The summed E-state index contributed by atoms with van der Waals surface area (Å²) in [5, 5.41) is 9.46. The first-order valence-corrected chi connectivity index (χ1v) is 5.83. The molecule has 0 aliphatic heterocycles. The Hall–Kier alpha value is -1.88. The molecule has 0 aliphatic carbocycles. The van der Waals surface area contributed by atoms with Gasteiger partial charge in [-0.2, -0.15) is 0 Å². The molecule has 2 rings (SSSR count). The number of nitrogens with one attached hydrogen (secondary N) is 1. The number of aliphatic hydroxyl groups is 1. The van der Waals surface area contributed by atoms with Crippen LogP contribution >= 0.6 is 0 Å². The average Bonchev–Trinajstić information content (AvgIpc) is 2.69. The summed E-state index contributed by atoms with van der Waals surface area (Å²) in [6, 6.07) is 5.39. The standard InChI is InChI=1S/C13H17N3O2/c1-8-14-11-5-4-10(6-12(11)15-8)13(7-17)16(3)9(2)18/h4-6,13,17H,7H2,1-3H3,(H,14,15). The molecule has 0 bridgehead atoms. The zero-order valence-electron chi connectivity index (χ0n) is 10.8. The summed E-state index contributed by atoms with van der Waals surface area (Å²) < 4.78 is 0. The van der Waals surface area contributed by atoms with Crippen LogP contribution in [0.5, 0.6) is 0 Å². The third-order valence-electron chi connectivity index (χ3n) is 3.15. The number of likely N-dealkylation sites (N-methyl/N-ethyl adjacent to an activating group) is 1. The zero-order valence-corrected chi connectivity index (χ0v) is 10.8. The van der Waals surface area contributed by atoms with Gasteiger partial charge in [-0.1, -0.05) is 6.07 Å². The molecule has 0 saturated heterocycles. The van der Waals surface area contributed by atoms with Crippen LogP contribution in [0.4, 0.5) is 0 Å². The van der Waals surface area contributed by atoms with Crippen molar-refractivity contribution in [3.05, 3.63) is 29.6 Å². The first-order chi connectivity index (χ1) is 8.52. The Morgan fingerprint density at radius 2 is 2.28 bits per heavy atom. The maximum atomic E-state index is 11.4. The number of fused-ring (bicyclic) bond motifs is 1. The molecular formula is C13H17N3O2. The van der Waals surface area contributed by atoms with Crippen molar-refractivity contribution in [3.63, 3.8) is 0 Å². The lowest BCUT2D eigenvalue weighted by molar-refractivity contribution is -0.130. The van der Waals surface area contributed by atoms with E-state index in [1.165, 1.54) is 11.8 Å². The molecule has 18 heavy (non-hydrogen) atoms. The van der Waals surface area contributed by atoms with Crippen molar-refractivity contribution >= 4 is 16.9 Å². The molecule has 1 aromatic carbocycles. The number of aromatic nitrogens is 2. The van der Waals surface area contributed by atoms with Gasteiger partial charge in [0.25, 0.3) is 0 Å². The number of H-pyrrole nitrogens is 1. The van der Waals surface area contributed by atoms with Crippen molar-refractivity contribution in [2.24, 2.45) is 0 Å². The number of carbonyl (C=O) groups excluding carboxylic acids is 1. The number of imidazole rings is 1. The monoisotopic (exact) mass is 247 g/mol. The van der Waals surface area contributed by atoms with Gasteiger partial charge in [-0.3, -0.25) is 4.79 Å². The van der Waals surface area contributed by atoms with Gasteiger partial charge in [-0.25, -0.2) is 4.98 Å². The molecule has 2 N–H and O–H groups in total. The lowest BCUT2D eigenvalue weighted by Crippen LogP contribution is -2.31. The lowest BCUT2D eigenvalue weighted by Gasteiger charge is -2.25. The molecule has 5 nitrogen and oxygen atoms in total. The number of rotatable bonds is 3. The van der Waals surface area contributed by atoms with Crippen LogP contribution in [0.25, 0.3) is 11.0 Å². The number of hydrogen-bond acceptors (Lipinski definition) is 3. The Balaban J connectivity index is 2.41. The fourth-order valence-electron chi connectivity index (χ4n) is 2.03. The third kappa shape index (κ3) is 2.22. The Morgan fingerprint density at radius 3 is 2.89 bits per heavy atom. The summed E-state index contributed by atoms with van der Waals surface area (Å²) >= 11 is 0. The van der Waals surface area contributed by atoms with Crippen molar-refractivity contribution in [2.45, 2.75) is 19.9 Å². The number of amides is 1. The molecular weight excluding hydrogens is 230 g/mol. The van der Waals surface area contributed by atoms with Crippen LogP contribution in [0.2, 0.25) is 0 Å². The summed E-state index contributed by atoms with van der Waals surface area (Å²) in [4.78, 5) is 20.4. The highest BCUT2D eigenvalue weighted by molar-refractivity contribution is 5.77. The van der Waals surface area contributed by atoms with E-state index in [1.54, 1.807) is 7.05 Å². The smallest absolute Gasteiger partial charge is 0.219 e. The summed E-state index contributed by atoms with van der Waals surface area (Å²) in [5.41, 5.74) is 2.70. The predicted molar refractivity (Wildman–Crippen MR) is 69.1 cm³/mol. The van der Waals surface area contributed by atoms with Crippen LogP contribution in [0.3, 0.4) is 0 Å². The molecule has 0 aliphatic rings. The van der Waals surface area contributed by atoms with Crippen molar-refractivity contribution in [2.75, 3.05) is 13.7 Å². The van der Waals surface area contributed by atoms with E-state index in [2.05, 4.69) is 9.97 Å². The van der Waals surface area contributed by atoms with Crippen LogP contribution in [0, 0.1) is 6.92 Å². The number of aromatic amines is 1. The van der Waals surface area contributed by atoms with Gasteiger partial charge in [0, 0.05) is 14.0 Å². The number of aryl methyl sites for hydroxylation is 1. The first-order valence-electron chi connectivity index (χ1n) is 5.83. The average molecular weight is 247 g/mol. The minimum atomic E-state index is -0.324. The number of benzene rings is 1. The van der Waals surface area contributed by atoms with Crippen LogP contribution in [0.15, 0.2) is 18.2 Å². The fourth-order valence-corrected chi connectivity index (χ4v) is 2.03. The van der Waals surface area contributed by atoms with E-state index < -0.39 is 0 Å². The molecule has 1 heterocycles. The molecule has 0 saturated carbocycles. The summed E-state index contributed by atoms with van der Waals surface area (Å²) in [7, 11) is 1.69. The molecule has 1 aromatic heterocycles. The van der Waals surface area contributed by atoms with Gasteiger partial charge in [-0.15, -0.1) is 0 Å². The largest absolute Gasteiger partial charge is 0.394 e. The molecule has 5 heteroatoms. The van der Waals surface area contributed by atoms with Crippen molar-refractivity contribution in [1.29, 1.82) is 0 Å². The second-order valence-corrected chi connectivity index (χ2v) is 4.43. The zero-order chi connectivity index (χ0) is 13.3. The van der Waals surface area contributed by atoms with E-state index in [4.69, 9.17) is 0 Å². The molecule has 2 aromatic rings. The Kier molecular flexibility index (Phi) is 3.34. The fraction of sp³-hybridized carbons (Fsp3) is 0.385. The number of hydrogen-bond donors (Lipinski definition) is 2. The third-order valence-corrected chi connectivity index (χ3v) is 3.15. The maximum Gasteiger partial charge on any atom is 0.219 e. The normalized spacial score (nSPS) is 12.7. The number of nitrogens with zero attached hydrogens (tertiary/aromatic N) is 2. The number of carbonyl (C=O) groups is 1. The maximum absolute atomic E-state index is 11.4. The van der Waals surface area contributed by atoms with Crippen LogP contribution < -0.4 is 0 Å². The number of aliphatic hydroxyl groups excluding tert-OH is 1. The van der Waals surface area contributed by atoms with E-state index >= 15 is 0 Å². The lowest BCUT2D eigenvalue weighted by atomic mass is 10.1. The summed E-state index contributed by atoms with van der Waals surface area (Å²) in [6.07, 6.45) is 0. The molecule has 1 unspecified atom stereocenters. The van der Waals surface area contributed by atoms with E-state index in [-0.39, 0.29) is 18.6 Å². The Labute approximate surface area is 105 Å². The van der Waals surface area contributed by atoms with Crippen LogP contribution in [-0.4, -0.2) is 39.5 Å². The van der Waals surface area contributed by atoms with Gasteiger partial charge in [-0.05, 0) is 24.6 Å². The topological polar surface area (TPSA) is 69.2 Å². The second-order valence-electron chi connectivity index (χ2n) is 4.43. The molecule has 1 amide bonds. The van der Waals surface area contributed by atoms with Gasteiger partial charge < -0.3 is 15.0 Å². The van der Waals surface area contributed by atoms with Gasteiger partial charge in [0.2, 0.25) is 5.91 Å². The SMILES string of the molecule is CC(=O)N(C)C(CO)c1ccc2nc(C)[nH]c2c1. The minimum Gasteiger partial charge on any atom is -0.394 e. The van der Waals surface area contributed by atoms with E-state index in [0.29, 0.717) is 0 Å². The Bertz CT molecular complexity index is 577. The van der Waals surface area contributed by atoms with Gasteiger partial charge in [0.15, 0.2) is 0 Å². The van der Waals surface area contributed by atoms with Gasteiger partial charge >= 0.3 is 0 Å². The molecule has 0 spiro atoms. The predicted octanol–water partition coefficient (Wildman–Crippen LogP) is 1.38. The molecule has 96 valence electrons. The van der Waals surface area contributed by atoms with E-state index in [1.807, 2.05) is 25.1 Å². The van der Waals surface area contributed by atoms with Crippen LogP contribution in [-0.2, 0) is 4.79 Å². The molecule has 0 fully saturated rings. The summed E-state index contributed by atoms with van der Waals surface area (Å²) in [6.45, 7) is 3.28. The van der Waals surface area contributed by atoms with Crippen molar-refractivity contribution < 1.29 is 9.90 Å². The van der Waals surface area contributed by atoms with Crippen LogP contribution in [0.1, 0.15) is 24.4 Å². The first kappa shape index (κ1) is 12.6. The Morgan fingerprint density at radius 1 is 1.56 bits per heavy atom. The van der Waals surface area contributed by atoms with E-state index in [0.717, 1.165) is 22.4 Å².